The molecule has 2 aliphatic rings. The zero-order chi connectivity index (χ0) is 24.3. The number of amides is 2. The van der Waals surface area contributed by atoms with Gasteiger partial charge >= 0.3 is 0 Å². The van der Waals surface area contributed by atoms with E-state index in [4.69, 9.17) is 0 Å². The highest BCUT2D eigenvalue weighted by Crippen LogP contribution is 2.50. The first-order valence-corrected chi connectivity index (χ1v) is 12.5. The van der Waals surface area contributed by atoms with E-state index in [1.165, 1.54) is 23.5 Å². The molecule has 1 aliphatic carbocycles. The predicted molar refractivity (Wildman–Crippen MR) is 132 cm³/mol. The summed E-state index contributed by atoms with van der Waals surface area (Å²) >= 11 is 1.39. The van der Waals surface area contributed by atoms with Crippen molar-refractivity contribution < 1.29 is 14.0 Å². The monoisotopic (exact) mass is 489 g/mol. The van der Waals surface area contributed by atoms with Crippen molar-refractivity contribution in [3.05, 3.63) is 70.7 Å². The molecule has 3 heterocycles. The van der Waals surface area contributed by atoms with Crippen LogP contribution < -0.4 is 5.32 Å². The van der Waals surface area contributed by atoms with Gasteiger partial charge < -0.3 is 10.2 Å². The molecule has 1 N–H and O–H groups in total. The van der Waals surface area contributed by atoms with Crippen molar-refractivity contribution in [2.24, 2.45) is 18.9 Å². The summed E-state index contributed by atoms with van der Waals surface area (Å²) in [7, 11) is 1.76. The number of carbonyl (C=O) groups is 2. The number of rotatable bonds is 5. The number of hydrogen-bond acceptors (Lipinski definition) is 5. The van der Waals surface area contributed by atoms with Crippen LogP contribution in [0, 0.1) is 24.6 Å². The van der Waals surface area contributed by atoms with Gasteiger partial charge in [-0.2, -0.15) is 5.10 Å². The molecule has 2 amide bonds. The highest BCUT2D eigenvalue weighted by atomic mass is 32.1. The largest absolute Gasteiger partial charge is 0.349 e. The molecule has 1 saturated carbocycles. The lowest BCUT2D eigenvalue weighted by atomic mass is 10.1. The number of carbonyl (C=O) groups excluding carboxylic acids is 2. The Morgan fingerprint density at radius 1 is 1.20 bits per heavy atom. The maximum atomic E-state index is 13.9. The number of aromatic nitrogens is 3. The summed E-state index contributed by atoms with van der Waals surface area (Å²) in [5.41, 5.74) is 2.28. The van der Waals surface area contributed by atoms with Gasteiger partial charge in [0.15, 0.2) is 0 Å². The van der Waals surface area contributed by atoms with E-state index in [-0.39, 0.29) is 23.7 Å². The number of benzene rings is 2. The SMILES string of the molecule is Cc1nc(C(=O)N2C[C@H]3C[C@H]3[C@H]2CNC(=O)c2c3ccccc3nn2C)c(-c2cccc(F)c2)s1. The van der Waals surface area contributed by atoms with Gasteiger partial charge in [0.25, 0.3) is 11.8 Å². The molecule has 1 aliphatic heterocycles. The van der Waals surface area contributed by atoms with E-state index < -0.39 is 0 Å². The Hall–Kier alpha value is -3.59. The van der Waals surface area contributed by atoms with Crippen LogP contribution >= 0.6 is 11.3 Å². The molecule has 1 saturated heterocycles. The molecule has 0 radical (unpaired) electrons. The van der Waals surface area contributed by atoms with E-state index >= 15 is 0 Å². The Labute approximate surface area is 205 Å². The number of likely N-dealkylation sites (tertiary alicyclic amines) is 1. The summed E-state index contributed by atoms with van der Waals surface area (Å²) in [6.07, 6.45) is 1.06. The number of halogens is 1. The Morgan fingerprint density at radius 3 is 2.86 bits per heavy atom. The average molecular weight is 490 g/mol. The number of fused-ring (bicyclic) bond motifs is 2. The van der Waals surface area contributed by atoms with Crippen LogP contribution in [0.4, 0.5) is 4.39 Å². The van der Waals surface area contributed by atoms with E-state index in [0.717, 1.165) is 22.3 Å². The predicted octanol–water partition coefficient (Wildman–Crippen LogP) is 4.03. The second-order valence-corrected chi connectivity index (χ2v) is 10.5. The minimum absolute atomic E-state index is 0.0988. The van der Waals surface area contributed by atoms with Crippen molar-refractivity contribution in [1.82, 2.24) is 25.0 Å². The molecule has 2 fully saturated rings. The first-order chi connectivity index (χ1) is 16.9. The van der Waals surface area contributed by atoms with Gasteiger partial charge in [-0.25, -0.2) is 9.37 Å². The molecule has 178 valence electrons. The lowest BCUT2D eigenvalue weighted by Crippen LogP contribution is -2.46. The third-order valence-corrected chi connectivity index (χ3v) is 8.03. The van der Waals surface area contributed by atoms with Crippen LogP contribution in [0.3, 0.4) is 0 Å². The molecular weight excluding hydrogens is 465 g/mol. The van der Waals surface area contributed by atoms with Crippen molar-refractivity contribution in [2.75, 3.05) is 13.1 Å². The molecule has 0 bridgehead atoms. The van der Waals surface area contributed by atoms with E-state index in [1.54, 1.807) is 23.9 Å². The Balaban J connectivity index is 1.24. The zero-order valence-corrected chi connectivity index (χ0v) is 20.2. The summed E-state index contributed by atoms with van der Waals surface area (Å²) in [6.45, 7) is 2.86. The molecular formula is C26H24FN5O2S. The van der Waals surface area contributed by atoms with Crippen LogP contribution in [0.5, 0.6) is 0 Å². The molecule has 6 rings (SSSR count). The van der Waals surface area contributed by atoms with Crippen molar-refractivity contribution in [3.63, 3.8) is 0 Å². The summed E-state index contributed by atoms with van der Waals surface area (Å²) < 4.78 is 15.5. The van der Waals surface area contributed by atoms with Gasteiger partial charge in [0.05, 0.1) is 21.4 Å². The minimum atomic E-state index is -0.349. The molecule has 3 atom stereocenters. The third kappa shape index (κ3) is 3.80. The van der Waals surface area contributed by atoms with Gasteiger partial charge in [-0.15, -0.1) is 11.3 Å². The molecule has 9 heteroatoms. The van der Waals surface area contributed by atoms with Crippen molar-refractivity contribution in [2.45, 2.75) is 19.4 Å². The van der Waals surface area contributed by atoms with E-state index in [1.807, 2.05) is 36.1 Å². The quantitative estimate of drug-likeness (QED) is 0.459. The number of aryl methyl sites for hydroxylation is 2. The van der Waals surface area contributed by atoms with Crippen LogP contribution in [0.15, 0.2) is 48.5 Å². The van der Waals surface area contributed by atoms with Crippen LogP contribution in [0.1, 0.15) is 32.4 Å². The fourth-order valence-electron chi connectivity index (χ4n) is 5.30. The van der Waals surface area contributed by atoms with Crippen molar-refractivity contribution >= 4 is 34.1 Å². The summed E-state index contributed by atoms with van der Waals surface area (Å²) in [5.74, 6) is 0.113. The van der Waals surface area contributed by atoms with Gasteiger partial charge in [-0.1, -0.05) is 30.3 Å². The van der Waals surface area contributed by atoms with Gasteiger partial charge in [0.2, 0.25) is 0 Å². The van der Waals surface area contributed by atoms with Gasteiger partial charge in [0.1, 0.15) is 17.2 Å². The second-order valence-electron chi connectivity index (χ2n) is 9.30. The molecule has 2 aromatic heterocycles. The number of piperidine rings is 1. The van der Waals surface area contributed by atoms with Gasteiger partial charge in [-0.3, -0.25) is 14.3 Å². The zero-order valence-electron chi connectivity index (χ0n) is 19.4. The number of hydrogen-bond donors (Lipinski definition) is 1. The van der Waals surface area contributed by atoms with Gasteiger partial charge in [-0.05, 0) is 48.9 Å². The number of thiazole rings is 1. The summed E-state index contributed by atoms with van der Waals surface area (Å²) in [5, 5.41) is 9.03. The Bertz CT molecular complexity index is 1480. The highest BCUT2D eigenvalue weighted by molar-refractivity contribution is 7.15. The molecule has 35 heavy (non-hydrogen) atoms. The standard InChI is InChI=1S/C26H24FN5O2S/c1-14-29-22(24(35-14)15-6-5-7-17(27)10-15)26(34)32-13-16-11-19(16)21(32)12-28-25(33)23-18-8-3-4-9-20(18)30-31(23)2/h3-10,16,19,21H,11-13H2,1-2H3,(H,28,33)/t16-,19-,21-/m1/s1. The fraction of sp³-hybridized carbons (Fsp3) is 0.308. The van der Waals surface area contributed by atoms with E-state index in [0.29, 0.717) is 46.8 Å². The molecule has 0 unspecified atom stereocenters. The summed E-state index contributed by atoms with van der Waals surface area (Å²) in [4.78, 5) is 33.8. The number of nitrogens with zero attached hydrogens (tertiary/aromatic N) is 4. The van der Waals surface area contributed by atoms with Crippen molar-refractivity contribution in [1.29, 1.82) is 0 Å². The Kier molecular flexibility index (Phi) is 5.17. The molecule has 2 aromatic carbocycles. The normalized spacial score (nSPS) is 20.8. The molecule has 0 spiro atoms. The van der Waals surface area contributed by atoms with Crippen LogP contribution in [0.2, 0.25) is 0 Å². The van der Waals surface area contributed by atoms with E-state index in [2.05, 4.69) is 15.4 Å². The van der Waals surface area contributed by atoms with Crippen molar-refractivity contribution in [3.8, 4) is 10.4 Å². The fourth-order valence-corrected chi connectivity index (χ4v) is 6.20. The second kappa shape index (κ2) is 8.27. The minimum Gasteiger partial charge on any atom is -0.349 e. The van der Waals surface area contributed by atoms with Crippen LogP contribution in [0.25, 0.3) is 21.3 Å². The van der Waals surface area contributed by atoms with Gasteiger partial charge in [0, 0.05) is 25.5 Å². The summed E-state index contributed by atoms with van der Waals surface area (Å²) in [6, 6.07) is 13.7. The number of nitrogens with one attached hydrogen (secondary N) is 1. The smallest absolute Gasteiger partial charge is 0.274 e. The van der Waals surface area contributed by atoms with Crippen LogP contribution in [-0.4, -0.2) is 50.6 Å². The van der Waals surface area contributed by atoms with E-state index in [9.17, 15) is 14.0 Å². The Morgan fingerprint density at radius 2 is 2.03 bits per heavy atom. The lowest BCUT2D eigenvalue weighted by Gasteiger charge is -2.27. The first kappa shape index (κ1) is 21.9. The first-order valence-electron chi connectivity index (χ1n) is 11.6. The molecule has 7 nitrogen and oxygen atoms in total. The molecule has 4 aromatic rings. The highest BCUT2D eigenvalue weighted by Gasteiger charge is 2.54. The van der Waals surface area contributed by atoms with Crippen LogP contribution in [-0.2, 0) is 7.05 Å². The maximum absolute atomic E-state index is 13.9. The average Bonchev–Trinajstić information content (AvgIpc) is 3.18. The lowest BCUT2D eigenvalue weighted by molar-refractivity contribution is 0.0690. The topological polar surface area (TPSA) is 80.1 Å². The third-order valence-electron chi connectivity index (χ3n) is 7.01. The maximum Gasteiger partial charge on any atom is 0.274 e.